The Labute approximate surface area is 94.6 Å². The summed E-state index contributed by atoms with van der Waals surface area (Å²) < 4.78 is 65.8. The molecular weight excluding hydrogens is 241 g/mol. The molecule has 1 nitrogen and oxygen atoms in total. The number of halogens is 5. The number of benzene rings is 1. The third-order valence-corrected chi connectivity index (χ3v) is 2.96. The second kappa shape index (κ2) is 4.25. The molecule has 1 atom stereocenters. The van der Waals surface area contributed by atoms with Gasteiger partial charge in [-0.15, -0.1) is 0 Å². The van der Waals surface area contributed by atoms with E-state index in [1.54, 1.807) is 0 Å². The number of hydrogen-bond donors (Lipinski definition) is 1. The summed E-state index contributed by atoms with van der Waals surface area (Å²) in [5.41, 5.74) is -0.758. The summed E-state index contributed by atoms with van der Waals surface area (Å²) in [7, 11) is 1.43. The molecule has 17 heavy (non-hydrogen) atoms. The van der Waals surface area contributed by atoms with E-state index in [4.69, 9.17) is 0 Å². The second-order valence-electron chi connectivity index (χ2n) is 4.09. The molecule has 0 heterocycles. The largest absolute Gasteiger partial charge is 0.313 e. The molecule has 1 unspecified atom stereocenters. The second-order valence-corrected chi connectivity index (χ2v) is 4.09. The van der Waals surface area contributed by atoms with Crippen LogP contribution in [0.3, 0.4) is 0 Å². The first-order valence-corrected chi connectivity index (χ1v) is 5.17. The van der Waals surface area contributed by atoms with Crippen LogP contribution >= 0.6 is 0 Å². The van der Waals surface area contributed by atoms with Crippen LogP contribution in [0.2, 0.25) is 0 Å². The van der Waals surface area contributed by atoms with Crippen molar-refractivity contribution in [2.75, 3.05) is 7.05 Å². The average molecular weight is 251 g/mol. The third-order valence-electron chi connectivity index (χ3n) is 2.96. The maximum absolute atomic E-state index is 13.5. The molecule has 0 aliphatic heterocycles. The maximum Gasteiger partial charge on any atom is 0.200 e. The SMILES string of the molecule is CNC(c1c(F)c(F)c(F)c(F)c1F)C1CC1. The quantitative estimate of drug-likeness (QED) is 0.494. The Hall–Kier alpha value is -1.17. The van der Waals surface area contributed by atoms with E-state index in [9.17, 15) is 22.0 Å². The molecule has 1 aromatic carbocycles. The van der Waals surface area contributed by atoms with E-state index >= 15 is 0 Å². The van der Waals surface area contributed by atoms with E-state index in [2.05, 4.69) is 5.32 Å². The Morgan fingerprint density at radius 2 is 1.29 bits per heavy atom. The highest BCUT2D eigenvalue weighted by Crippen LogP contribution is 2.43. The minimum Gasteiger partial charge on any atom is -0.313 e. The topological polar surface area (TPSA) is 12.0 Å². The molecule has 0 amide bonds. The summed E-state index contributed by atoms with van der Waals surface area (Å²) in [6, 6.07) is -0.834. The summed E-state index contributed by atoms with van der Waals surface area (Å²) in [6.45, 7) is 0. The fourth-order valence-corrected chi connectivity index (χ4v) is 1.94. The maximum atomic E-state index is 13.5. The average Bonchev–Trinajstić information content (AvgIpc) is 3.13. The van der Waals surface area contributed by atoms with Crippen LogP contribution in [0.4, 0.5) is 22.0 Å². The molecule has 0 bridgehead atoms. The van der Waals surface area contributed by atoms with Crippen molar-refractivity contribution in [3.05, 3.63) is 34.6 Å². The summed E-state index contributed by atoms with van der Waals surface area (Å²) in [5.74, 6) is -9.46. The minimum absolute atomic E-state index is 0.0757. The predicted molar refractivity (Wildman–Crippen MR) is 50.8 cm³/mol. The molecule has 0 spiro atoms. The van der Waals surface area contributed by atoms with E-state index in [1.165, 1.54) is 7.05 Å². The van der Waals surface area contributed by atoms with Gasteiger partial charge in [-0.05, 0) is 25.8 Å². The summed E-state index contributed by atoms with van der Waals surface area (Å²) >= 11 is 0. The van der Waals surface area contributed by atoms with Crippen LogP contribution in [-0.4, -0.2) is 7.05 Å². The Kier molecular flexibility index (Phi) is 3.07. The highest BCUT2D eigenvalue weighted by molar-refractivity contribution is 5.28. The van der Waals surface area contributed by atoms with E-state index in [1.807, 2.05) is 0 Å². The van der Waals surface area contributed by atoms with Crippen LogP contribution in [0.1, 0.15) is 24.4 Å². The third kappa shape index (κ3) is 1.90. The first-order chi connectivity index (χ1) is 7.99. The van der Waals surface area contributed by atoms with Gasteiger partial charge in [0.1, 0.15) is 0 Å². The van der Waals surface area contributed by atoms with E-state index in [0.717, 1.165) is 0 Å². The van der Waals surface area contributed by atoms with Gasteiger partial charge >= 0.3 is 0 Å². The Morgan fingerprint density at radius 1 is 0.882 bits per heavy atom. The van der Waals surface area contributed by atoms with Gasteiger partial charge in [0.2, 0.25) is 5.82 Å². The lowest BCUT2D eigenvalue weighted by molar-refractivity contribution is 0.352. The predicted octanol–water partition coefficient (Wildman–Crippen LogP) is 3.05. The van der Waals surface area contributed by atoms with Gasteiger partial charge in [-0.3, -0.25) is 0 Å². The van der Waals surface area contributed by atoms with E-state index in [0.29, 0.717) is 12.8 Å². The van der Waals surface area contributed by atoms with Crippen molar-refractivity contribution in [2.24, 2.45) is 5.92 Å². The van der Waals surface area contributed by atoms with Gasteiger partial charge in [0.15, 0.2) is 23.3 Å². The van der Waals surface area contributed by atoms with Crippen molar-refractivity contribution >= 4 is 0 Å². The summed E-state index contributed by atoms with van der Waals surface area (Å²) in [6.07, 6.45) is 1.43. The zero-order valence-corrected chi connectivity index (χ0v) is 8.96. The van der Waals surface area contributed by atoms with Crippen LogP contribution in [0, 0.1) is 35.0 Å². The van der Waals surface area contributed by atoms with Gasteiger partial charge in [-0.2, -0.15) is 0 Å². The highest BCUT2D eigenvalue weighted by Gasteiger charge is 2.38. The lowest BCUT2D eigenvalue weighted by Crippen LogP contribution is -2.23. The fraction of sp³-hybridized carbons (Fsp3) is 0.455. The Morgan fingerprint density at radius 3 is 1.65 bits per heavy atom. The molecule has 6 heteroatoms. The standard InChI is InChI=1S/C11H10F5N/c1-17-11(4-2-3-4)5-6(12)8(14)10(16)9(15)7(5)13/h4,11,17H,2-3H2,1H3. The number of hydrogen-bond acceptors (Lipinski definition) is 1. The van der Waals surface area contributed by atoms with Crippen LogP contribution in [-0.2, 0) is 0 Å². The number of rotatable bonds is 3. The molecule has 1 saturated carbocycles. The van der Waals surface area contributed by atoms with Gasteiger partial charge in [-0.25, -0.2) is 22.0 Å². The zero-order chi connectivity index (χ0) is 12.7. The lowest BCUT2D eigenvalue weighted by atomic mass is 10.0. The van der Waals surface area contributed by atoms with Gasteiger partial charge in [0.05, 0.1) is 0 Å². The van der Waals surface area contributed by atoms with Gasteiger partial charge in [0, 0.05) is 11.6 Å². The minimum atomic E-state index is -2.12. The van der Waals surface area contributed by atoms with Crippen molar-refractivity contribution in [3.63, 3.8) is 0 Å². The van der Waals surface area contributed by atoms with Crippen molar-refractivity contribution in [3.8, 4) is 0 Å². The first-order valence-electron chi connectivity index (χ1n) is 5.17. The Balaban J connectivity index is 2.59. The van der Waals surface area contributed by atoms with Crippen LogP contribution in [0.15, 0.2) is 0 Å². The van der Waals surface area contributed by atoms with Crippen molar-refractivity contribution in [1.29, 1.82) is 0 Å². The van der Waals surface area contributed by atoms with E-state index in [-0.39, 0.29) is 5.92 Å². The normalized spacial score (nSPS) is 17.3. The molecule has 0 aromatic heterocycles. The monoisotopic (exact) mass is 251 g/mol. The van der Waals surface area contributed by atoms with Gasteiger partial charge in [0.25, 0.3) is 0 Å². The Bertz CT molecular complexity index is 427. The molecule has 2 rings (SSSR count). The van der Waals surface area contributed by atoms with Crippen molar-refractivity contribution in [1.82, 2.24) is 5.32 Å². The zero-order valence-electron chi connectivity index (χ0n) is 8.96. The van der Waals surface area contributed by atoms with Gasteiger partial charge in [-0.1, -0.05) is 0 Å². The molecule has 0 radical (unpaired) electrons. The first kappa shape index (κ1) is 12.3. The molecule has 94 valence electrons. The fourth-order valence-electron chi connectivity index (χ4n) is 1.94. The molecular formula is C11H10F5N. The van der Waals surface area contributed by atoms with Crippen molar-refractivity contribution < 1.29 is 22.0 Å². The van der Waals surface area contributed by atoms with Crippen LogP contribution < -0.4 is 5.32 Å². The number of nitrogens with one attached hydrogen (secondary N) is 1. The van der Waals surface area contributed by atoms with Crippen molar-refractivity contribution in [2.45, 2.75) is 18.9 Å². The molecule has 1 aliphatic carbocycles. The molecule has 1 N–H and O–H groups in total. The lowest BCUT2D eigenvalue weighted by Gasteiger charge is -2.18. The van der Waals surface area contributed by atoms with E-state index < -0.39 is 40.7 Å². The molecule has 1 aliphatic rings. The summed E-state index contributed by atoms with van der Waals surface area (Å²) in [4.78, 5) is 0. The molecule has 1 aromatic rings. The summed E-state index contributed by atoms with van der Waals surface area (Å²) in [5, 5.41) is 2.60. The van der Waals surface area contributed by atoms with Crippen LogP contribution in [0.25, 0.3) is 0 Å². The van der Waals surface area contributed by atoms with Crippen LogP contribution in [0.5, 0.6) is 0 Å². The highest BCUT2D eigenvalue weighted by atomic mass is 19.2. The molecule has 1 fully saturated rings. The smallest absolute Gasteiger partial charge is 0.200 e. The van der Waals surface area contributed by atoms with Gasteiger partial charge < -0.3 is 5.32 Å². The molecule has 0 saturated heterocycles.